The van der Waals surface area contributed by atoms with Crippen LogP contribution in [0.1, 0.15) is 49.1 Å². The lowest BCUT2D eigenvalue weighted by Gasteiger charge is -2.25. The Hall–Kier alpha value is -3.02. The number of aromatic nitrogens is 1. The molecule has 0 spiro atoms. The van der Waals surface area contributed by atoms with Crippen LogP contribution in [0.15, 0.2) is 46.9 Å². The number of nitrogens with one attached hydrogen (secondary N) is 1. The Kier molecular flexibility index (Phi) is 4.19. The smallest absolute Gasteiger partial charge is 0.322 e. The van der Waals surface area contributed by atoms with Gasteiger partial charge in [-0.25, -0.2) is 9.78 Å². The van der Waals surface area contributed by atoms with Gasteiger partial charge in [-0.15, -0.1) is 0 Å². The summed E-state index contributed by atoms with van der Waals surface area (Å²) in [5.74, 6) is 2.11. The highest BCUT2D eigenvalue weighted by Crippen LogP contribution is 2.40. The van der Waals surface area contributed by atoms with E-state index in [1.165, 1.54) is 0 Å². The summed E-state index contributed by atoms with van der Waals surface area (Å²) in [6.45, 7) is 0.751. The number of ether oxygens (including phenoxy) is 1. The first-order valence-corrected chi connectivity index (χ1v) is 9.83. The molecule has 3 aromatic rings. The van der Waals surface area contributed by atoms with Gasteiger partial charge in [0.15, 0.2) is 11.5 Å². The molecule has 28 heavy (non-hydrogen) atoms. The van der Waals surface area contributed by atoms with Gasteiger partial charge >= 0.3 is 6.03 Å². The van der Waals surface area contributed by atoms with E-state index in [1.807, 2.05) is 47.4 Å². The van der Waals surface area contributed by atoms with Crippen LogP contribution in [-0.2, 0) is 0 Å². The lowest BCUT2D eigenvalue weighted by atomic mass is 10.0. The van der Waals surface area contributed by atoms with Gasteiger partial charge in [-0.1, -0.05) is 12.1 Å². The van der Waals surface area contributed by atoms with Crippen LogP contribution < -0.4 is 10.1 Å². The van der Waals surface area contributed by atoms with E-state index in [0.29, 0.717) is 5.92 Å². The maximum atomic E-state index is 12.9. The van der Waals surface area contributed by atoms with Gasteiger partial charge in [0.25, 0.3) is 0 Å². The summed E-state index contributed by atoms with van der Waals surface area (Å²) in [4.78, 5) is 19.4. The number of likely N-dealkylation sites (tertiary alicyclic amines) is 1. The fourth-order valence-corrected chi connectivity index (χ4v) is 3.91. The molecular formula is C22H23N3O3. The van der Waals surface area contributed by atoms with Gasteiger partial charge in [0.2, 0.25) is 0 Å². The van der Waals surface area contributed by atoms with E-state index in [1.54, 1.807) is 7.11 Å². The van der Waals surface area contributed by atoms with Gasteiger partial charge in [0.05, 0.1) is 13.2 Å². The molecule has 1 N–H and O–H groups in total. The zero-order valence-electron chi connectivity index (χ0n) is 15.9. The first-order chi connectivity index (χ1) is 13.7. The molecule has 2 heterocycles. The molecule has 6 heteroatoms. The van der Waals surface area contributed by atoms with Crippen molar-refractivity contribution >= 4 is 22.8 Å². The second kappa shape index (κ2) is 6.86. The average Bonchev–Trinajstić information content (AvgIpc) is 3.29. The minimum atomic E-state index is -0.0800. The molecule has 2 amide bonds. The van der Waals surface area contributed by atoms with Crippen molar-refractivity contribution in [2.24, 2.45) is 0 Å². The lowest BCUT2D eigenvalue weighted by molar-refractivity contribution is 0.207. The predicted molar refractivity (Wildman–Crippen MR) is 107 cm³/mol. The standard InChI is InChI=1S/C22H23N3O3/c1-27-17-9-6-14(7-10-17)19-3-2-12-25(19)22(26)23-16-8-11-20-18(13-16)24-21(28-20)15-4-5-15/h6-11,13,15,19H,2-5,12H2,1H3,(H,23,26). The van der Waals surface area contributed by atoms with Crippen LogP contribution in [0.4, 0.5) is 10.5 Å². The third-order valence-corrected chi connectivity index (χ3v) is 5.60. The summed E-state index contributed by atoms with van der Waals surface area (Å²) in [5, 5.41) is 3.03. The normalized spacial score (nSPS) is 19.2. The molecule has 1 unspecified atom stereocenters. The molecule has 144 valence electrons. The Morgan fingerprint density at radius 3 is 2.75 bits per heavy atom. The molecule has 1 aliphatic heterocycles. The molecule has 1 atom stereocenters. The monoisotopic (exact) mass is 377 g/mol. The van der Waals surface area contributed by atoms with Gasteiger partial charge in [-0.05, 0) is 61.6 Å². The van der Waals surface area contributed by atoms with E-state index in [-0.39, 0.29) is 12.1 Å². The summed E-state index contributed by atoms with van der Waals surface area (Å²) in [6, 6.07) is 13.6. The molecule has 2 aromatic carbocycles. The molecule has 5 rings (SSSR count). The zero-order valence-corrected chi connectivity index (χ0v) is 15.9. The number of hydrogen-bond donors (Lipinski definition) is 1. The summed E-state index contributed by atoms with van der Waals surface area (Å²) in [5.41, 5.74) is 3.45. The van der Waals surface area contributed by atoms with Crippen molar-refractivity contribution in [3.8, 4) is 5.75 Å². The second-order valence-corrected chi connectivity index (χ2v) is 7.56. The topological polar surface area (TPSA) is 67.6 Å². The van der Waals surface area contributed by atoms with Crippen molar-refractivity contribution in [2.45, 2.75) is 37.6 Å². The highest BCUT2D eigenvalue weighted by molar-refractivity contribution is 5.92. The third-order valence-electron chi connectivity index (χ3n) is 5.60. The number of nitrogens with zero attached hydrogens (tertiary/aromatic N) is 2. The largest absolute Gasteiger partial charge is 0.497 e. The van der Waals surface area contributed by atoms with Crippen molar-refractivity contribution in [1.29, 1.82) is 0 Å². The molecule has 2 aliphatic rings. The third kappa shape index (κ3) is 3.19. The Morgan fingerprint density at radius 2 is 2.00 bits per heavy atom. The van der Waals surface area contributed by atoms with Crippen LogP contribution >= 0.6 is 0 Å². The van der Waals surface area contributed by atoms with Crippen LogP contribution in [-0.4, -0.2) is 29.6 Å². The molecule has 0 radical (unpaired) electrons. The molecule has 1 aromatic heterocycles. The first-order valence-electron chi connectivity index (χ1n) is 9.83. The molecular weight excluding hydrogens is 354 g/mol. The Morgan fingerprint density at radius 1 is 1.18 bits per heavy atom. The van der Waals surface area contributed by atoms with Crippen molar-refractivity contribution in [3.63, 3.8) is 0 Å². The van der Waals surface area contributed by atoms with Crippen molar-refractivity contribution in [1.82, 2.24) is 9.88 Å². The number of carbonyl (C=O) groups excluding carboxylic acids is 1. The minimum Gasteiger partial charge on any atom is -0.497 e. The Balaban J connectivity index is 1.32. The van der Waals surface area contributed by atoms with E-state index < -0.39 is 0 Å². The van der Waals surface area contributed by atoms with Gasteiger partial charge in [-0.2, -0.15) is 0 Å². The van der Waals surface area contributed by atoms with Crippen LogP contribution in [0, 0.1) is 0 Å². The van der Waals surface area contributed by atoms with Crippen LogP contribution in [0.5, 0.6) is 5.75 Å². The number of methoxy groups -OCH3 is 1. The van der Waals surface area contributed by atoms with E-state index in [4.69, 9.17) is 9.15 Å². The Bertz CT molecular complexity index is 1010. The van der Waals surface area contributed by atoms with E-state index >= 15 is 0 Å². The first kappa shape index (κ1) is 17.1. The highest BCUT2D eigenvalue weighted by Gasteiger charge is 2.31. The number of amides is 2. The lowest BCUT2D eigenvalue weighted by Crippen LogP contribution is -2.34. The number of oxazole rings is 1. The summed E-state index contributed by atoms with van der Waals surface area (Å²) >= 11 is 0. The van der Waals surface area contributed by atoms with Gasteiger partial charge in [0.1, 0.15) is 11.3 Å². The summed E-state index contributed by atoms with van der Waals surface area (Å²) < 4.78 is 11.0. The number of carbonyl (C=O) groups is 1. The average molecular weight is 377 g/mol. The zero-order chi connectivity index (χ0) is 19.1. The molecule has 1 aliphatic carbocycles. The molecule has 1 saturated carbocycles. The van der Waals surface area contributed by atoms with Crippen molar-refractivity contribution < 1.29 is 13.9 Å². The van der Waals surface area contributed by atoms with Gasteiger partial charge in [0, 0.05) is 18.2 Å². The molecule has 2 fully saturated rings. The number of rotatable bonds is 4. The maximum Gasteiger partial charge on any atom is 0.322 e. The summed E-state index contributed by atoms with van der Waals surface area (Å²) in [6.07, 6.45) is 4.26. The van der Waals surface area contributed by atoms with Gasteiger partial charge in [-0.3, -0.25) is 0 Å². The SMILES string of the molecule is COc1ccc(C2CCCN2C(=O)Nc2ccc3oc(C4CC4)nc3c2)cc1. The van der Waals surface area contributed by atoms with E-state index in [9.17, 15) is 4.79 Å². The number of fused-ring (bicyclic) bond motifs is 1. The Labute approximate surface area is 163 Å². The van der Waals surface area contributed by atoms with Crippen molar-refractivity contribution in [3.05, 3.63) is 53.9 Å². The van der Waals surface area contributed by atoms with Crippen LogP contribution in [0.25, 0.3) is 11.1 Å². The van der Waals surface area contributed by atoms with Gasteiger partial charge < -0.3 is 19.4 Å². The van der Waals surface area contributed by atoms with E-state index in [2.05, 4.69) is 10.3 Å². The predicted octanol–water partition coefficient (Wildman–Crippen LogP) is 5.08. The number of anilines is 1. The number of benzene rings is 2. The van der Waals surface area contributed by atoms with Crippen LogP contribution in [0.3, 0.4) is 0 Å². The highest BCUT2D eigenvalue weighted by atomic mass is 16.5. The fraction of sp³-hybridized carbons (Fsp3) is 0.364. The molecule has 6 nitrogen and oxygen atoms in total. The molecule has 1 saturated heterocycles. The summed E-state index contributed by atoms with van der Waals surface area (Å²) in [7, 11) is 1.66. The minimum absolute atomic E-state index is 0.0800. The second-order valence-electron chi connectivity index (χ2n) is 7.56. The number of urea groups is 1. The van der Waals surface area contributed by atoms with E-state index in [0.717, 1.165) is 66.2 Å². The fourth-order valence-electron chi connectivity index (χ4n) is 3.91. The quantitative estimate of drug-likeness (QED) is 0.688. The van der Waals surface area contributed by atoms with Crippen LogP contribution in [0.2, 0.25) is 0 Å². The van der Waals surface area contributed by atoms with Crippen molar-refractivity contribution in [2.75, 3.05) is 19.0 Å². The maximum absolute atomic E-state index is 12.9. The molecule has 0 bridgehead atoms. The number of hydrogen-bond acceptors (Lipinski definition) is 4.